The SMILES string of the molecule is O=C(O)c1cc(Cl)nc2nc(Cl)ccc12. The molecule has 4 nitrogen and oxygen atoms in total. The van der Waals surface area contributed by atoms with Crippen LogP contribution in [0, 0.1) is 0 Å². The number of fused-ring (bicyclic) bond motifs is 1. The number of hydrogen-bond donors (Lipinski definition) is 1. The van der Waals surface area contributed by atoms with Gasteiger partial charge < -0.3 is 5.11 Å². The van der Waals surface area contributed by atoms with Crippen molar-refractivity contribution < 1.29 is 9.90 Å². The summed E-state index contributed by atoms with van der Waals surface area (Å²) >= 11 is 11.3. The van der Waals surface area contributed by atoms with Crippen LogP contribution in [0.15, 0.2) is 18.2 Å². The molecule has 15 heavy (non-hydrogen) atoms. The maximum Gasteiger partial charge on any atom is 0.336 e. The summed E-state index contributed by atoms with van der Waals surface area (Å²) in [7, 11) is 0. The molecule has 0 radical (unpaired) electrons. The van der Waals surface area contributed by atoms with E-state index in [0.717, 1.165) is 0 Å². The number of carboxylic acid groups (broad SMARTS) is 1. The molecule has 0 aliphatic heterocycles. The van der Waals surface area contributed by atoms with Gasteiger partial charge in [-0.1, -0.05) is 23.2 Å². The van der Waals surface area contributed by atoms with E-state index in [1.807, 2.05) is 0 Å². The molecule has 2 aromatic rings. The lowest BCUT2D eigenvalue weighted by Crippen LogP contribution is -2.00. The summed E-state index contributed by atoms with van der Waals surface area (Å²) in [6, 6.07) is 4.34. The summed E-state index contributed by atoms with van der Waals surface area (Å²) in [5.41, 5.74) is 0.293. The van der Waals surface area contributed by atoms with Crippen LogP contribution in [-0.4, -0.2) is 21.0 Å². The molecule has 0 saturated carbocycles. The predicted molar refractivity (Wildman–Crippen MR) is 56.5 cm³/mol. The third kappa shape index (κ3) is 1.86. The largest absolute Gasteiger partial charge is 0.478 e. The summed E-state index contributed by atoms with van der Waals surface area (Å²) in [6.07, 6.45) is 0. The summed E-state index contributed by atoms with van der Waals surface area (Å²) < 4.78 is 0. The van der Waals surface area contributed by atoms with Gasteiger partial charge in [0.05, 0.1) is 5.56 Å². The van der Waals surface area contributed by atoms with Gasteiger partial charge in [0.15, 0.2) is 5.65 Å². The molecule has 0 aliphatic rings. The van der Waals surface area contributed by atoms with E-state index in [4.69, 9.17) is 28.3 Å². The molecular formula is C9H4Cl2N2O2. The van der Waals surface area contributed by atoms with Gasteiger partial charge in [-0.2, -0.15) is 0 Å². The normalized spacial score (nSPS) is 10.5. The Balaban J connectivity index is 2.86. The van der Waals surface area contributed by atoms with Gasteiger partial charge in [-0.05, 0) is 18.2 Å². The average Bonchev–Trinajstić information content (AvgIpc) is 2.15. The molecule has 6 heteroatoms. The molecule has 0 bridgehead atoms. The first-order valence-corrected chi connectivity index (χ1v) is 4.69. The molecule has 1 N–H and O–H groups in total. The van der Waals surface area contributed by atoms with Crippen LogP contribution in [0.2, 0.25) is 10.3 Å². The zero-order chi connectivity index (χ0) is 11.0. The molecule has 0 amide bonds. The van der Waals surface area contributed by atoms with Crippen LogP contribution in [0.1, 0.15) is 10.4 Å². The van der Waals surface area contributed by atoms with Crippen molar-refractivity contribution in [1.29, 1.82) is 0 Å². The molecule has 0 unspecified atom stereocenters. The van der Waals surface area contributed by atoms with E-state index in [1.54, 1.807) is 6.07 Å². The van der Waals surface area contributed by atoms with Gasteiger partial charge in [0.1, 0.15) is 10.3 Å². The van der Waals surface area contributed by atoms with E-state index in [9.17, 15) is 4.79 Å². The zero-order valence-corrected chi connectivity index (χ0v) is 8.75. The Kier molecular flexibility index (Phi) is 2.46. The number of carboxylic acids is 1. The number of hydrogen-bond acceptors (Lipinski definition) is 3. The highest BCUT2D eigenvalue weighted by Gasteiger charge is 2.12. The van der Waals surface area contributed by atoms with Crippen LogP contribution < -0.4 is 0 Å². The van der Waals surface area contributed by atoms with Crippen molar-refractivity contribution in [2.75, 3.05) is 0 Å². The summed E-state index contributed by atoms with van der Waals surface area (Å²) in [5, 5.41) is 9.67. The first-order chi connectivity index (χ1) is 7.08. The van der Waals surface area contributed by atoms with Crippen molar-refractivity contribution in [3.8, 4) is 0 Å². The van der Waals surface area contributed by atoms with E-state index in [1.165, 1.54) is 12.1 Å². The number of pyridine rings is 2. The second kappa shape index (κ2) is 3.64. The van der Waals surface area contributed by atoms with Crippen LogP contribution >= 0.6 is 23.2 Å². The molecule has 0 aliphatic carbocycles. The molecule has 0 saturated heterocycles. The second-order valence-electron chi connectivity index (χ2n) is 2.80. The number of aromatic nitrogens is 2. The number of carbonyl (C=O) groups is 1. The van der Waals surface area contributed by atoms with Gasteiger partial charge in [-0.3, -0.25) is 0 Å². The van der Waals surface area contributed by atoms with Crippen molar-refractivity contribution in [2.24, 2.45) is 0 Å². The van der Waals surface area contributed by atoms with E-state index >= 15 is 0 Å². The lowest BCUT2D eigenvalue weighted by Gasteiger charge is -2.02. The Labute approximate surface area is 94.5 Å². The van der Waals surface area contributed by atoms with Gasteiger partial charge in [0.25, 0.3) is 0 Å². The van der Waals surface area contributed by atoms with E-state index in [2.05, 4.69) is 9.97 Å². The highest BCUT2D eigenvalue weighted by atomic mass is 35.5. The second-order valence-corrected chi connectivity index (χ2v) is 3.58. The molecule has 0 atom stereocenters. The topological polar surface area (TPSA) is 63.1 Å². The Morgan fingerprint density at radius 1 is 1.20 bits per heavy atom. The molecule has 2 rings (SSSR count). The standard InChI is InChI=1S/C9H4Cl2N2O2/c10-6-2-1-4-5(9(14)15)3-7(11)13-8(4)12-6/h1-3H,(H,14,15). The summed E-state index contributed by atoms with van der Waals surface area (Å²) in [6.45, 7) is 0. The molecule has 2 aromatic heterocycles. The maximum atomic E-state index is 10.9. The summed E-state index contributed by atoms with van der Waals surface area (Å²) in [5.74, 6) is -1.08. The van der Waals surface area contributed by atoms with E-state index in [0.29, 0.717) is 5.39 Å². The third-order valence-electron chi connectivity index (χ3n) is 1.84. The van der Waals surface area contributed by atoms with Crippen molar-refractivity contribution in [3.05, 3.63) is 34.1 Å². The number of aromatic carboxylic acids is 1. The molecule has 0 fully saturated rings. The minimum absolute atomic E-state index is 0.0640. The van der Waals surface area contributed by atoms with Crippen molar-refractivity contribution in [1.82, 2.24) is 9.97 Å². The maximum absolute atomic E-state index is 10.9. The Hall–Kier alpha value is -1.39. The fourth-order valence-corrected chi connectivity index (χ4v) is 1.56. The lowest BCUT2D eigenvalue weighted by atomic mass is 10.1. The minimum Gasteiger partial charge on any atom is -0.478 e. The Morgan fingerprint density at radius 3 is 2.53 bits per heavy atom. The molecule has 76 valence electrons. The fourth-order valence-electron chi connectivity index (χ4n) is 1.23. The number of nitrogens with zero attached hydrogens (tertiary/aromatic N) is 2. The van der Waals surface area contributed by atoms with Crippen molar-refractivity contribution >= 4 is 40.2 Å². The van der Waals surface area contributed by atoms with Gasteiger partial charge in [0, 0.05) is 5.39 Å². The van der Waals surface area contributed by atoms with E-state index < -0.39 is 5.97 Å². The molecule has 0 aromatic carbocycles. The lowest BCUT2D eigenvalue weighted by molar-refractivity contribution is 0.0699. The molecule has 0 spiro atoms. The van der Waals surface area contributed by atoms with Crippen LogP contribution in [0.3, 0.4) is 0 Å². The fraction of sp³-hybridized carbons (Fsp3) is 0. The van der Waals surface area contributed by atoms with Gasteiger partial charge in [-0.25, -0.2) is 14.8 Å². The summed E-state index contributed by atoms with van der Waals surface area (Å²) in [4.78, 5) is 18.7. The van der Waals surface area contributed by atoms with Crippen LogP contribution in [0.25, 0.3) is 11.0 Å². The quantitative estimate of drug-likeness (QED) is 0.782. The molecule has 2 heterocycles. The number of rotatable bonds is 1. The van der Waals surface area contributed by atoms with Crippen LogP contribution in [0.5, 0.6) is 0 Å². The van der Waals surface area contributed by atoms with E-state index in [-0.39, 0.29) is 21.5 Å². The predicted octanol–water partition coefficient (Wildman–Crippen LogP) is 2.63. The zero-order valence-electron chi connectivity index (χ0n) is 7.24. The average molecular weight is 243 g/mol. The van der Waals surface area contributed by atoms with Gasteiger partial charge in [-0.15, -0.1) is 0 Å². The highest BCUT2D eigenvalue weighted by molar-refractivity contribution is 6.31. The smallest absolute Gasteiger partial charge is 0.336 e. The Morgan fingerprint density at radius 2 is 1.87 bits per heavy atom. The first kappa shape index (κ1) is 10.1. The molecular weight excluding hydrogens is 239 g/mol. The van der Waals surface area contributed by atoms with Crippen LogP contribution in [-0.2, 0) is 0 Å². The monoisotopic (exact) mass is 242 g/mol. The Bertz CT molecular complexity index is 552. The number of halogens is 2. The van der Waals surface area contributed by atoms with Gasteiger partial charge in [0.2, 0.25) is 0 Å². The minimum atomic E-state index is -1.08. The van der Waals surface area contributed by atoms with Crippen molar-refractivity contribution in [2.45, 2.75) is 0 Å². The third-order valence-corrected chi connectivity index (χ3v) is 2.24. The van der Waals surface area contributed by atoms with Gasteiger partial charge >= 0.3 is 5.97 Å². The highest BCUT2D eigenvalue weighted by Crippen LogP contribution is 2.21. The van der Waals surface area contributed by atoms with Crippen LogP contribution in [0.4, 0.5) is 0 Å². The first-order valence-electron chi connectivity index (χ1n) is 3.94. The van der Waals surface area contributed by atoms with Crippen molar-refractivity contribution in [3.63, 3.8) is 0 Å².